The Hall–Kier alpha value is -1.69. The molecule has 0 unspecified atom stereocenters. The second kappa shape index (κ2) is 3.40. The molecule has 88 valence electrons. The lowest BCUT2D eigenvalue weighted by Gasteiger charge is -2.14. The van der Waals surface area contributed by atoms with Crippen LogP contribution in [-0.2, 0) is 22.1 Å². The Labute approximate surface area is 98.0 Å². The number of imidazole rings is 1. The van der Waals surface area contributed by atoms with Gasteiger partial charge in [0.1, 0.15) is 17.9 Å². The summed E-state index contributed by atoms with van der Waals surface area (Å²) < 4.78 is 24.9. The fourth-order valence-corrected chi connectivity index (χ4v) is 3.35. The normalized spacial score (nSPS) is 17.9. The van der Waals surface area contributed by atoms with Crippen LogP contribution in [0.3, 0.4) is 0 Å². The molecule has 0 amide bonds. The summed E-state index contributed by atoms with van der Waals surface area (Å²) in [6.45, 7) is 0.439. The van der Waals surface area contributed by atoms with Crippen LogP contribution in [0.5, 0.6) is 0 Å². The summed E-state index contributed by atoms with van der Waals surface area (Å²) in [7, 11) is -3.01. The van der Waals surface area contributed by atoms with Crippen LogP contribution in [0.25, 0.3) is 11.0 Å². The Bertz CT molecular complexity index is 716. The molecule has 1 aromatic carbocycles. The highest BCUT2D eigenvalue weighted by molar-refractivity contribution is 7.90. The summed E-state index contributed by atoms with van der Waals surface area (Å²) >= 11 is 0. The minimum absolute atomic E-state index is 0.0158. The van der Waals surface area contributed by atoms with E-state index >= 15 is 0 Å². The molecule has 0 spiro atoms. The van der Waals surface area contributed by atoms with Gasteiger partial charge in [0, 0.05) is 12.1 Å². The van der Waals surface area contributed by atoms with Crippen molar-refractivity contribution in [1.29, 1.82) is 0 Å². The number of carbonyl (C=O) groups is 1. The van der Waals surface area contributed by atoms with Crippen molar-refractivity contribution in [1.82, 2.24) is 9.55 Å². The van der Waals surface area contributed by atoms with E-state index in [1.165, 1.54) is 0 Å². The van der Waals surface area contributed by atoms with Crippen LogP contribution >= 0.6 is 0 Å². The highest BCUT2D eigenvalue weighted by atomic mass is 32.2. The Morgan fingerprint density at radius 1 is 1.35 bits per heavy atom. The molecule has 0 bridgehead atoms. The molecule has 0 N–H and O–H groups in total. The predicted molar refractivity (Wildman–Crippen MR) is 62.6 cm³/mol. The van der Waals surface area contributed by atoms with Gasteiger partial charge in [0.05, 0.1) is 16.8 Å². The number of aromatic nitrogens is 2. The minimum atomic E-state index is -3.01. The van der Waals surface area contributed by atoms with Crippen molar-refractivity contribution in [3.63, 3.8) is 0 Å². The maximum absolute atomic E-state index is 11.5. The third-order valence-corrected chi connectivity index (χ3v) is 4.46. The molecule has 3 rings (SSSR count). The van der Waals surface area contributed by atoms with Gasteiger partial charge in [0.15, 0.2) is 9.84 Å². The second-order valence-electron chi connectivity index (χ2n) is 4.14. The fourth-order valence-electron chi connectivity index (χ4n) is 2.13. The molecule has 2 aromatic rings. The Kier molecular flexibility index (Phi) is 2.09. The van der Waals surface area contributed by atoms with E-state index in [9.17, 15) is 13.2 Å². The number of aryl methyl sites for hydroxylation is 1. The van der Waals surface area contributed by atoms with Gasteiger partial charge in [0.25, 0.3) is 0 Å². The van der Waals surface area contributed by atoms with Crippen LogP contribution in [0, 0.1) is 0 Å². The standard InChI is InChI=1S/C11H10N2O3S/c14-6-8-1-2-10-9(5-8)12-11-7-17(15,16)4-3-13(10)11/h1-2,5-6H,3-4,7H2. The van der Waals surface area contributed by atoms with E-state index in [4.69, 9.17) is 0 Å². The van der Waals surface area contributed by atoms with Gasteiger partial charge in [0.2, 0.25) is 0 Å². The summed E-state index contributed by atoms with van der Waals surface area (Å²) in [6, 6.07) is 5.21. The van der Waals surface area contributed by atoms with Crippen LogP contribution in [-0.4, -0.2) is 30.0 Å². The number of hydrogen-bond acceptors (Lipinski definition) is 4. The number of hydrogen-bond donors (Lipinski definition) is 0. The molecule has 17 heavy (non-hydrogen) atoms. The SMILES string of the molecule is O=Cc1ccc2c(c1)nc1n2CCS(=O)(=O)C1. The summed E-state index contributed by atoms with van der Waals surface area (Å²) in [4.78, 5) is 14.9. The van der Waals surface area contributed by atoms with Gasteiger partial charge in [-0.3, -0.25) is 4.79 Å². The average Bonchev–Trinajstić information content (AvgIpc) is 2.63. The highest BCUT2D eigenvalue weighted by Gasteiger charge is 2.24. The van der Waals surface area contributed by atoms with Crippen molar-refractivity contribution >= 4 is 27.2 Å². The van der Waals surface area contributed by atoms with E-state index in [0.717, 1.165) is 11.8 Å². The van der Waals surface area contributed by atoms with E-state index in [1.54, 1.807) is 12.1 Å². The van der Waals surface area contributed by atoms with Crippen molar-refractivity contribution < 1.29 is 13.2 Å². The van der Waals surface area contributed by atoms with Crippen LogP contribution in [0.1, 0.15) is 16.2 Å². The van der Waals surface area contributed by atoms with E-state index in [1.807, 2.05) is 10.6 Å². The maximum Gasteiger partial charge on any atom is 0.159 e. The lowest BCUT2D eigenvalue weighted by Crippen LogP contribution is -2.23. The molecule has 2 heterocycles. The summed E-state index contributed by atoms with van der Waals surface area (Å²) in [5.41, 5.74) is 2.12. The third kappa shape index (κ3) is 1.64. The topological polar surface area (TPSA) is 69.0 Å². The zero-order chi connectivity index (χ0) is 12.0. The molecular weight excluding hydrogens is 240 g/mol. The molecule has 1 aromatic heterocycles. The second-order valence-corrected chi connectivity index (χ2v) is 6.32. The molecule has 0 aliphatic carbocycles. The molecule has 0 saturated heterocycles. The van der Waals surface area contributed by atoms with Gasteiger partial charge in [-0.15, -0.1) is 0 Å². The van der Waals surface area contributed by atoms with Gasteiger partial charge in [-0.05, 0) is 18.2 Å². The first-order valence-electron chi connectivity index (χ1n) is 5.24. The van der Waals surface area contributed by atoms with Crippen molar-refractivity contribution in [2.45, 2.75) is 12.3 Å². The molecule has 6 heteroatoms. The Balaban J connectivity index is 2.24. The van der Waals surface area contributed by atoms with Gasteiger partial charge >= 0.3 is 0 Å². The first-order chi connectivity index (χ1) is 8.09. The fraction of sp³-hybridized carbons (Fsp3) is 0.273. The van der Waals surface area contributed by atoms with E-state index < -0.39 is 9.84 Å². The van der Waals surface area contributed by atoms with Crippen molar-refractivity contribution in [2.24, 2.45) is 0 Å². The van der Waals surface area contributed by atoms with Crippen LogP contribution in [0.2, 0.25) is 0 Å². The van der Waals surface area contributed by atoms with Crippen LogP contribution < -0.4 is 0 Å². The molecule has 0 saturated carbocycles. The van der Waals surface area contributed by atoms with E-state index in [2.05, 4.69) is 4.98 Å². The smallest absolute Gasteiger partial charge is 0.159 e. The zero-order valence-electron chi connectivity index (χ0n) is 8.96. The molecule has 1 aliphatic heterocycles. The lowest BCUT2D eigenvalue weighted by molar-refractivity contribution is 0.112. The van der Waals surface area contributed by atoms with E-state index in [-0.39, 0.29) is 11.5 Å². The quantitative estimate of drug-likeness (QED) is 0.701. The van der Waals surface area contributed by atoms with Gasteiger partial charge in [-0.25, -0.2) is 13.4 Å². The number of sulfone groups is 1. The van der Waals surface area contributed by atoms with Crippen LogP contribution in [0.15, 0.2) is 18.2 Å². The molecule has 5 nitrogen and oxygen atoms in total. The van der Waals surface area contributed by atoms with Crippen molar-refractivity contribution in [3.8, 4) is 0 Å². The largest absolute Gasteiger partial charge is 0.326 e. The molecule has 0 radical (unpaired) electrons. The van der Waals surface area contributed by atoms with Gasteiger partial charge in [-0.1, -0.05) is 0 Å². The molecule has 1 aliphatic rings. The maximum atomic E-state index is 11.5. The Morgan fingerprint density at radius 2 is 2.18 bits per heavy atom. The zero-order valence-corrected chi connectivity index (χ0v) is 9.77. The van der Waals surface area contributed by atoms with Crippen LogP contribution in [0.4, 0.5) is 0 Å². The molecule has 0 fully saturated rings. The first kappa shape index (κ1) is 10.5. The molecular formula is C11H10N2O3S. The first-order valence-corrected chi connectivity index (χ1v) is 7.06. The average molecular weight is 250 g/mol. The highest BCUT2D eigenvalue weighted by Crippen LogP contribution is 2.22. The summed E-state index contributed by atoms with van der Waals surface area (Å²) in [5, 5.41) is 0. The van der Waals surface area contributed by atoms with Gasteiger partial charge in [-0.2, -0.15) is 0 Å². The summed E-state index contributed by atoms with van der Waals surface area (Å²) in [5.74, 6) is 0.702. The third-order valence-electron chi connectivity index (χ3n) is 2.96. The lowest BCUT2D eigenvalue weighted by atomic mass is 10.2. The number of nitrogens with zero attached hydrogens (tertiary/aromatic N) is 2. The number of aldehydes is 1. The number of carbonyl (C=O) groups excluding carboxylic acids is 1. The minimum Gasteiger partial charge on any atom is -0.326 e. The summed E-state index contributed by atoms with van der Waals surface area (Å²) in [6.07, 6.45) is 0.758. The number of rotatable bonds is 1. The van der Waals surface area contributed by atoms with Crippen molar-refractivity contribution in [3.05, 3.63) is 29.6 Å². The van der Waals surface area contributed by atoms with Crippen molar-refractivity contribution in [2.75, 3.05) is 5.75 Å². The number of benzene rings is 1. The Morgan fingerprint density at radius 3 is 2.94 bits per heavy atom. The number of fused-ring (bicyclic) bond motifs is 3. The molecule has 0 atom stereocenters. The monoisotopic (exact) mass is 250 g/mol. The van der Waals surface area contributed by atoms with Gasteiger partial charge < -0.3 is 4.57 Å². The van der Waals surface area contributed by atoms with E-state index in [0.29, 0.717) is 23.4 Å². The predicted octanol–water partition coefficient (Wildman–Crippen LogP) is 0.777.